The number of hydrogen-bond acceptors (Lipinski definition) is 4. The van der Waals surface area contributed by atoms with Gasteiger partial charge in [0.15, 0.2) is 5.13 Å². The van der Waals surface area contributed by atoms with E-state index >= 15 is 0 Å². The number of nitrogens with one attached hydrogen (secondary N) is 1. The van der Waals surface area contributed by atoms with Crippen LogP contribution in [0.15, 0.2) is 29.9 Å². The summed E-state index contributed by atoms with van der Waals surface area (Å²) < 4.78 is 0. The van der Waals surface area contributed by atoms with E-state index in [2.05, 4.69) is 36.1 Å². The zero-order chi connectivity index (χ0) is 16.5. The number of aromatic nitrogens is 2. The lowest BCUT2D eigenvalue weighted by Gasteiger charge is -2.51. The molecule has 1 aliphatic carbocycles. The lowest BCUT2D eigenvalue weighted by atomic mass is 9.53. The molecule has 122 valence electrons. The molecule has 3 rings (SSSR count). The van der Waals surface area contributed by atoms with Crippen LogP contribution < -0.4 is 5.32 Å². The van der Waals surface area contributed by atoms with E-state index in [9.17, 15) is 4.79 Å². The van der Waals surface area contributed by atoms with Crippen molar-refractivity contribution in [2.24, 2.45) is 10.8 Å². The Morgan fingerprint density at radius 2 is 2.22 bits per heavy atom. The summed E-state index contributed by atoms with van der Waals surface area (Å²) in [6.45, 7) is 6.33. The molecule has 1 fully saturated rings. The first-order chi connectivity index (χ1) is 11.0. The van der Waals surface area contributed by atoms with E-state index in [0.717, 1.165) is 30.5 Å². The first-order valence-corrected chi connectivity index (χ1v) is 9.04. The van der Waals surface area contributed by atoms with Crippen molar-refractivity contribution in [2.75, 3.05) is 5.32 Å². The van der Waals surface area contributed by atoms with Gasteiger partial charge >= 0.3 is 0 Å². The maximum absolute atomic E-state index is 12.8. The van der Waals surface area contributed by atoms with E-state index in [1.807, 2.05) is 17.5 Å². The highest BCUT2D eigenvalue weighted by Gasteiger charge is 2.52. The van der Waals surface area contributed by atoms with Crippen LogP contribution >= 0.6 is 11.3 Å². The Morgan fingerprint density at radius 3 is 2.78 bits per heavy atom. The van der Waals surface area contributed by atoms with Crippen molar-refractivity contribution in [2.45, 2.75) is 46.5 Å². The van der Waals surface area contributed by atoms with Gasteiger partial charge in [-0.25, -0.2) is 4.98 Å². The summed E-state index contributed by atoms with van der Waals surface area (Å²) in [6.07, 6.45) is 8.08. The van der Waals surface area contributed by atoms with E-state index in [1.165, 1.54) is 17.8 Å². The molecule has 0 aromatic carbocycles. The van der Waals surface area contributed by atoms with Crippen molar-refractivity contribution in [1.29, 1.82) is 0 Å². The number of hydrogen-bond donors (Lipinski definition) is 1. The van der Waals surface area contributed by atoms with Gasteiger partial charge < -0.3 is 5.32 Å². The van der Waals surface area contributed by atoms with Crippen LogP contribution in [0.4, 0.5) is 5.13 Å². The Hall–Kier alpha value is -1.75. The number of amides is 1. The zero-order valence-corrected chi connectivity index (χ0v) is 14.7. The molecule has 0 radical (unpaired) electrons. The highest BCUT2D eigenvalue weighted by Crippen LogP contribution is 2.56. The lowest BCUT2D eigenvalue weighted by Crippen LogP contribution is -2.50. The third-order valence-corrected chi connectivity index (χ3v) is 6.32. The average molecular weight is 329 g/mol. The number of nitrogens with zero attached hydrogens (tertiary/aromatic N) is 2. The molecule has 1 saturated carbocycles. The third kappa shape index (κ3) is 2.78. The molecule has 2 heterocycles. The molecule has 0 aliphatic heterocycles. The molecule has 2 aromatic heterocycles. The molecular formula is C18H23N3OS. The van der Waals surface area contributed by atoms with Gasteiger partial charge in [-0.3, -0.25) is 9.78 Å². The Morgan fingerprint density at radius 1 is 1.43 bits per heavy atom. The Labute approximate surface area is 141 Å². The second-order valence-corrected chi connectivity index (χ2v) is 7.70. The SMILES string of the molecule is CCC1(C(C)(C)C(=O)Nc2nc(-c3cccnc3)cs2)CCC1. The predicted octanol–water partition coefficient (Wildman–Crippen LogP) is 4.75. The maximum atomic E-state index is 12.8. The van der Waals surface area contributed by atoms with Gasteiger partial charge in [0.1, 0.15) is 0 Å². The smallest absolute Gasteiger partial charge is 0.232 e. The molecule has 1 amide bonds. The molecule has 0 unspecified atom stereocenters. The first-order valence-electron chi connectivity index (χ1n) is 8.16. The summed E-state index contributed by atoms with van der Waals surface area (Å²) in [7, 11) is 0. The standard InChI is InChI=1S/C18H23N3OS/c1-4-18(8-6-9-18)17(2,3)15(22)21-16-20-14(12-23-16)13-7-5-10-19-11-13/h5,7,10-12H,4,6,8-9H2,1-3H3,(H,20,21,22). The van der Waals surface area contributed by atoms with Gasteiger partial charge in [-0.1, -0.05) is 27.2 Å². The number of thiazole rings is 1. The molecule has 0 saturated heterocycles. The van der Waals surface area contributed by atoms with Crippen LogP contribution in [-0.2, 0) is 4.79 Å². The topological polar surface area (TPSA) is 54.9 Å². The number of rotatable bonds is 5. The van der Waals surface area contributed by atoms with Crippen LogP contribution in [0, 0.1) is 10.8 Å². The van der Waals surface area contributed by atoms with E-state index in [1.54, 1.807) is 12.4 Å². The van der Waals surface area contributed by atoms with E-state index < -0.39 is 0 Å². The highest BCUT2D eigenvalue weighted by molar-refractivity contribution is 7.14. The Balaban J connectivity index is 1.75. The van der Waals surface area contributed by atoms with Crippen LogP contribution in [-0.4, -0.2) is 15.9 Å². The van der Waals surface area contributed by atoms with Gasteiger partial charge in [-0.05, 0) is 36.8 Å². The monoisotopic (exact) mass is 329 g/mol. The quantitative estimate of drug-likeness (QED) is 0.861. The molecule has 23 heavy (non-hydrogen) atoms. The minimum absolute atomic E-state index is 0.0751. The lowest BCUT2D eigenvalue weighted by molar-refractivity contribution is -0.137. The maximum Gasteiger partial charge on any atom is 0.232 e. The predicted molar refractivity (Wildman–Crippen MR) is 94.3 cm³/mol. The number of pyridine rings is 1. The second-order valence-electron chi connectivity index (χ2n) is 6.85. The van der Waals surface area contributed by atoms with Gasteiger partial charge in [0.25, 0.3) is 0 Å². The fourth-order valence-corrected chi connectivity index (χ4v) is 4.21. The van der Waals surface area contributed by atoms with Crippen LogP contribution in [0.5, 0.6) is 0 Å². The average Bonchev–Trinajstić information content (AvgIpc) is 2.96. The molecule has 2 aromatic rings. The molecule has 0 bridgehead atoms. The van der Waals surface area contributed by atoms with E-state index in [0.29, 0.717) is 5.13 Å². The molecule has 4 nitrogen and oxygen atoms in total. The van der Waals surface area contributed by atoms with Gasteiger partial charge in [-0.15, -0.1) is 11.3 Å². The van der Waals surface area contributed by atoms with Crippen LogP contribution in [0.1, 0.15) is 46.5 Å². The van der Waals surface area contributed by atoms with Crippen LogP contribution in [0.2, 0.25) is 0 Å². The fraction of sp³-hybridized carbons (Fsp3) is 0.500. The minimum atomic E-state index is -0.375. The van der Waals surface area contributed by atoms with E-state index in [-0.39, 0.29) is 16.7 Å². The zero-order valence-electron chi connectivity index (χ0n) is 13.9. The number of anilines is 1. The van der Waals surface area contributed by atoms with Crippen LogP contribution in [0.25, 0.3) is 11.3 Å². The molecule has 1 aliphatic rings. The second kappa shape index (κ2) is 6.04. The van der Waals surface area contributed by atoms with Gasteiger partial charge in [0, 0.05) is 28.8 Å². The summed E-state index contributed by atoms with van der Waals surface area (Å²) in [5.74, 6) is 0.0751. The molecule has 0 atom stereocenters. The first kappa shape index (κ1) is 16.1. The molecular weight excluding hydrogens is 306 g/mol. The summed E-state index contributed by atoms with van der Waals surface area (Å²) in [5, 5.41) is 5.65. The largest absolute Gasteiger partial charge is 0.301 e. The van der Waals surface area contributed by atoms with Crippen LogP contribution in [0.3, 0.4) is 0 Å². The summed E-state index contributed by atoms with van der Waals surface area (Å²) in [6, 6.07) is 3.86. The van der Waals surface area contributed by atoms with Gasteiger partial charge in [0.2, 0.25) is 5.91 Å². The highest BCUT2D eigenvalue weighted by atomic mass is 32.1. The molecule has 5 heteroatoms. The molecule has 1 N–H and O–H groups in total. The fourth-order valence-electron chi connectivity index (χ4n) is 3.50. The number of carbonyl (C=O) groups excluding carboxylic acids is 1. The van der Waals surface area contributed by atoms with Crippen molar-refractivity contribution in [3.05, 3.63) is 29.9 Å². The summed E-state index contributed by atoms with van der Waals surface area (Å²) >= 11 is 1.46. The summed E-state index contributed by atoms with van der Waals surface area (Å²) in [5.41, 5.74) is 1.58. The van der Waals surface area contributed by atoms with Crippen molar-refractivity contribution < 1.29 is 4.79 Å². The van der Waals surface area contributed by atoms with Crippen molar-refractivity contribution >= 4 is 22.4 Å². The van der Waals surface area contributed by atoms with Crippen molar-refractivity contribution in [3.63, 3.8) is 0 Å². The third-order valence-electron chi connectivity index (χ3n) is 5.56. The Bertz CT molecular complexity index is 684. The van der Waals surface area contributed by atoms with Gasteiger partial charge in [-0.2, -0.15) is 0 Å². The summed E-state index contributed by atoms with van der Waals surface area (Å²) in [4.78, 5) is 21.5. The van der Waals surface area contributed by atoms with Crippen molar-refractivity contribution in [3.8, 4) is 11.3 Å². The van der Waals surface area contributed by atoms with E-state index in [4.69, 9.17) is 0 Å². The molecule has 0 spiro atoms. The Kier molecular flexibility index (Phi) is 4.23. The van der Waals surface area contributed by atoms with Gasteiger partial charge in [0.05, 0.1) is 5.69 Å². The minimum Gasteiger partial charge on any atom is -0.301 e. The normalized spacial score (nSPS) is 16.7. The number of carbonyl (C=O) groups is 1. The van der Waals surface area contributed by atoms with Crippen molar-refractivity contribution in [1.82, 2.24) is 9.97 Å².